The molecule has 0 aliphatic heterocycles. The third-order valence-corrected chi connectivity index (χ3v) is 3.46. The third-order valence-electron chi connectivity index (χ3n) is 2.97. The highest BCUT2D eigenvalue weighted by atomic mass is 79.9. The molecule has 0 saturated heterocycles. The molecule has 0 aliphatic rings. The molecule has 0 spiro atoms. The van der Waals surface area contributed by atoms with E-state index >= 15 is 0 Å². The van der Waals surface area contributed by atoms with Crippen molar-refractivity contribution in [1.82, 2.24) is 15.0 Å². The highest BCUT2D eigenvalue weighted by Crippen LogP contribution is 2.29. The average molecular weight is 321 g/mol. The van der Waals surface area contributed by atoms with Gasteiger partial charge in [0, 0.05) is 28.5 Å². The van der Waals surface area contributed by atoms with Gasteiger partial charge in [0.25, 0.3) is 0 Å². The Labute approximate surface area is 118 Å². The van der Waals surface area contributed by atoms with Crippen LogP contribution in [0.1, 0.15) is 6.42 Å². The van der Waals surface area contributed by atoms with E-state index in [4.69, 9.17) is 5.11 Å². The lowest BCUT2D eigenvalue weighted by atomic mass is 10.2. The summed E-state index contributed by atoms with van der Waals surface area (Å²) in [6, 6.07) is 6.04. The van der Waals surface area contributed by atoms with Crippen LogP contribution in [0.4, 0.5) is 5.82 Å². The lowest BCUT2D eigenvalue weighted by Crippen LogP contribution is -2.05. The van der Waals surface area contributed by atoms with E-state index in [0.29, 0.717) is 13.0 Å². The minimum absolute atomic E-state index is 0.168. The van der Waals surface area contributed by atoms with Crippen molar-refractivity contribution in [2.75, 3.05) is 18.5 Å². The molecule has 2 heterocycles. The van der Waals surface area contributed by atoms with Crippen molar-refractivity contribution in [1.29, 1.82) is 0 Å². The van der Waals surface area contributed by atoms with Crippen LogP contribution < -0.4 is 5.32 Å². The highest BCUT2D eigenvalue weighted by molar-refractivity contribution is 9.10. The van der Waals surface area contributed by atoms with Gasteiger partial charge in [-0.05, 0) is 24.6 Å². The number of aliphatic hydroxyl groups excluding tert-OH is 1. The number of rotatable bonds is 4. The molecule has 0 bridgehead atoms. The number of hydrogen-bond donors (Lipinski definition) is 3. The van der Waals surface area contributed by atoms with Gasteiger partial charge in [0.15, 0.2) is 5.82 Å². The molecule has 0 unspecified atom stereocenters. The van der Waals surface area contributed by atoms with E-state index in [1.54, 1.807) is 6.33 Å². The van der Waals surface area contributed by atoms with Crippen molar-refractivity contribution in [3.63, 3.8) is 0 Å². The molecule has 0 saturated carbocycles. The summed E-state index contributed by atoms with van der Waals surface area (Å²) >= 11 is 3.47. The Balaban J connectivity index is 2.12. The zero-order valence-electron chi connectivity index (χ0n) is 10.2. The Bertz CT molecular complexity index is 725. The van der Waals surface area contributed by atoms with E-state index in [2.05, 4.69) is 36.2 Å². The molecule has 2 aromatic heterocycles. The summed E-state index contributed by atoms with van der Waals surface area (Å²) < 4.78 is 1.02. The zero-order valence-corrected chi connectivity index (χ0v) is 11.7. The molecule has 0 radical (unpaired) electrons. The topological polar surface area (TPSA) is 73.8 Å². The van der Waals surface area contributed by atoms with Gasteiger partial charge in [0.05, 0.1) is 0 Å². The Hall–Kier alpha value is -1.66. The summed E-state index contributed by atoms with van der Waals surface area (Å²) in [6.07, 6.45) is 2.25. The van der Waals surface area contributed by atoms with Crippen molar-refractivity contribution in [2.45, 2.75) is 6.42 Å². The maximum Gasteiger partial charge on any atom is 0.153 e. The molecule has 0 aliphatic carbocycles. The van der Waals surface area contributed by atoms with Crippen LogP contribution in [0.25, 0.3) is 21.9 Å². The number of aromatic amines is 1. The van der Waals surface area contributed by atoms with Crippen LogP contribution in [-0.4, -0.2) is 33.2 Å². The van der Waals surface area contributed by atoms with Crippen LogP contribution in [-0.2, 0) is 0 Å². The normalized spacial score (nSPS) is 11.3. The number of hydrogen-bond acceptors (Lipinski definition) is 4. The van der Waals surface area contributed by atoms with Gasteiger partial charge in [-0.15, -0.1) is 0 Å². The lowest BCUT2D eigenvalue weighted by Gasteiger charge is -2.04. The molecule has 6 heteroatoms. The zero-order chi connectivity index (χ0) is 13.2. The van der Waals surface area contributed by atoms with Crippen molar-refractivity contribution < 1.29 is 5.11 Å². The van der Waals surface area contributed by atoms with Gasteiger partial charge in [-0.1, -0.05) is 15.9 Å². The van der Waals surface area contributed by atoms with Crippen molar-refractivity contribution in [3.05, 3.63) is 29.0 Å². The Kier molecular flexibility index (Phi) is 3.35. The number of anilines is 1. The van der Waals surface area contributed by atoms with Gasteiger partial charge in [-0.2, -0.15) is 0 Å². The molecule has 1 aromatic carbocycles. The molecule has 0 fully saturated rings. The van der Waals surface area contributed by atoms with E-state index in [9.17, 15) is 0 Å². The Morgan fingerprint density at radius 1 is 1.32 bits per heavy atom. The Morgan fingerprint density at radius 3 is 3.05 bits per heavy atom. The smallest absolute Gasteiger partial charge is 0.153 e. The van der Waals surface area contributed by atoms with E-state index < -0.39 is 0 Å². The van der Waals surface area contributed by atoms with Crippen LogP contribution in [0.5, 0.6) is 0 Å². The largest absolute Gasteiger partial charge is 0.396 e. The molecule has 98 valence electrons. The fraction of sp³-hybridized carbons (Fsp3) is 0.231. The molecule has 0 amide bonds. The number of benzene rings is 1. The van der Waals surface area contributed by atoms with Crippen LogP contribution in [0.3, 0.4) is 0 Å². The summed E-state index contributed by atoms with van der Waals surface area (Å²) in [6.45, 7) is 0.850. The van der Waals surface area contributed by atoms with Crippen LogP contribution in [0, 0.1) is 0 Å². The molecule has 3 rings (SSSR count). The first-order chi connectivity index (χ1) is 9.29. The van der Waals surface area contributed by atoms with E-state index in [0.717, 1.165) is 32.2 Å². The summed E-state index contributed by atoms with van der Waals surface area (Å²) in [5.41, 5.74) is 2.83. The number of aliphatic hydroxyl groups is 1. The van der Waals surface area contributed by atoms with Gasteiger partial charge in [-0.3, -0.25) is 0 Å². The number of H-pyrrole nitrogens is 1. The first-order valence-corrected chi connectivity index (χ1v) is 6.85. The summed E-state index contributed by atoms with van der Waals surface area (Å²) in [5.74, 6) is 0.769. The molecule has 0 atom stereocenters. The number of halogens is 1. The molecule has 19 heavy (non-hydrogen) atoms. The molecule has 5 nitrogen and oxygen atoms in total. The fourth-order valence-electron chi connectivity index (χ4n) is 2.08. The maximum atomic E-state index is 8.82. The number of fused-ring (bicyclic) bond motifs is 3. The highest BCUT2D eigenvalue weighted by Gasteiger charge is 2.10. The number of aromatic nitrogens is 3. The summed E-state index contributed by atoms with van der Waals surface area (Å²) in [4.78, 5) is 11.9. The Morgan fingerprint density at radius 2 is 2.21 bits per heavy atom. The van der Waals surface area contributed by atoms with Crippen molar-refractivity contribution in [3.8, 4) is 0 Å². The van der Waals surface area contributed by atoms with E-state index in [-0.39, 0.29) is 6.61 Å². The number of nitrogens with one attached hydrogen (secondary N) is 2. The van der Waals surface area contributed by atoms with Gasteiger partial charge in [0.2, 0.25) is 0 Å². The van der Waals surface area contributed by atoms with Gasteiger partial charge < -0.3 is 15.4 Å². The van der Waals surface area contributed by atoms with E-state index in [1.807, 2.05) is 18.2 Å². The van der Waals surface area contributed by atoms with Crippen molar-refractivity contribution in [2.24, 2.45) is 0 Å². The van der Waals surface area contributed by atoms with Crippen LogP contribution in [0.15, 0.2) is 29.0 Å². The van der Waals surface area contributed by atoms with Gasteiger partial charge >= 0.3 is 0 Å². The molecular weight excluding hydrogens is 308 g/mol. The summed E-state index contributed by atoms with van der Waals surface area (Å²) in [7, 11) is 0. The summed E-state index contributed by atoms with van der Waals surface area (Å²) in [5, 5.41) is 13.1. The molecule has 3 N–H and O–H groups in total. The minimum atomic E-state index is 0.168. The first kappa shape index (κ1) is 12.4. The quantitative estimate of drug-likeness (QED) is 0.646. The fourth-order valence-corrected chi connectivity index (χ4v) is 2.45. The van der Waals surface area contributed by atoms with Gasteiger partial charge in [-0.25, -0.2) is 9.97 Å². The predicted octanol–water partition coefficient (Wildman–Crippen LogP) is 2.67. The first-order valence-electron chi connectivity index (χ1n) is 6.06. The monoisotopic (exact) mass is 320 g/mol. The second-order valence-corrected chi connectivity index (χ2v) is 5.18. The minimum Gasteiger partial charge on any atom is -0.396 e. The third kappa shape index (κ3) is 2.29. The predicted molar refractivity (Wildman–Crippen MR) is 79.3 cm³/mol. The SMILES string of the molecule is OCCCNc1ncnc2c1[nH]c1ccc(Br)cc12. The molecule has 3 aromatic rings. The van der Waals surface area contributed by atoms with Crippen molar-refractivity contribution >= 4 is 43.7 Å². The molecular formula is C13H13BrN4O. The maximum absolute atomic E-state index is 8.82. The van der Waals surface area contributed by atoms with Crippen LogP contribution in [0.2, 0.25) is 0 Å². The standard InChI is InChI=1S/C13H13BrN4O/c14-8-2-3-10-9(6-8)11-12(18-10)13(17-7-16-11)15-4-1-5-19/h2-3,6-7,18-19H,1,4-5H2,(H,15,16,17). The average Bonchev–Trinajstić information content (AvgIpc) is 2.78. The second kappa shape index (κ2) is 5.14. The number of nitrogens with zero attached hydrogens (tertiary/aromatic N) is 2. The lowest BCUT2D eigenvalue weighted by molar-refractivity contribution is 0.292. The van der Waals surface area contributed by atoms with E-state index in [1.165, 1.54) is 0 Å². The second-order valence-electron chi connectivity index (χ2n) is 4.26. The van der Waals surface area contributed by atoms with Crippen LogP contribution >= 0.6 is 15.9 Å². The van der Waals surface area contributed by atoms with Gasteiger partial charge in [0.1, 0.15) is 17.4 Å².